The summed E-state index contributed by atoms with van der Waals surface area (Å²) in [6.45, 7) is 3.72. The van der Waals surface area contributed by atoms with Crippen LogP contribution in [-0.2, 0) is 14.8 Å². The zero-order chi connectivity index (χ0) is 16.3. The molecule has 0 atom stereocenters. The summed E-state index contributed by atoms with van der Waals surface area (Å²) in [6, 6.07) is 3.42. The number of thioether (sulfide) groups is 1. The minimum absolute atomic E-state index is 0.0728. The van der Waals surface area contributed by atoms with E-state index in [4.69, 9.17) is 4.74 Å². The number of hydrogen-bond donors (Lipinski definition) is 1. The van der Waals surface area contributed by atoms with Gasteiger partial charge in [0, 0.05) is 25.2 Å². The van der Waals surface area contributed by atoms with Crippen LogP contribution < -0.4 is 4.72 Å². The lowest BCUT2D eigenvalue weighted by molar-refractivity contribution is -0.0242. The van der Waals surface area contributed by atoms with Crippen LogP contribution in [0.5, 0.6) is 0 Å². The van der Waals surface area contributed by atoms with E-state index in [1.165, 1.54) is 11.3 Å². The van der Waals surface area contributed by atoms with Gasteiger partial charge < -0.3 is 4.74 Å². The fourth-order valence-electron chi connectivity index (χ4n) is 3.14. The number of halogens is 1. The van der Waals surface area contributed by atoms with Gasteiger partial charge in [0.25, 0.3) is 0 Å². The van der Waals surface area contributed by atoms with Gasteiger partial charge in [-0.3, -0.25) is 4.90 Å². The molecule has 1 aromatic heterocycles. The molecule has 0 aliphatic carbocycles. The van der Waals surface area contributed by atoms with E-state index < -0.39 is 10.0 Å². The molecule has 1 N–H and O–H groups in total. The summed E-state index contributed by atoms with van der Waals surface area (Å²) in [4.78, 5) is 2.43. The Labute approximate surface area is 154 Å². The smallest absolute Gasteiger partial charge is 0.250 e. The summed E-state index contributed by atoms with van der Waals surface area (Å²) < 4.78 is 34.6. The van der Waals surface area contributed by atoms with Crippen molar-refractivity contribution in [2.24, 2.45) is 0 Å². The maximum atomic E-state index is 12.5. The van der Waals surface area contributed by atoms with Crippen LogP contribution in [0.2, 0.25) is 0 Å². The number of hydrogen-bond acceptors (Lipinski definition) is 6. The lowest BCUT2D eigenvalue weighted by Crippen LogP contribution is -2.60. The van der Waals surface area contributed by atoms with Crippen molar-refractivity contribution >= 4 is 49.1 Å². The highest BCUT2D eigenvalue weighted by Crippen LogP contribution is 2.33. The van der Waals surface area contributed by atoms with E-state index in [2.05, 4.69) is 25.6 Å². The normalized spacial score (nSPS) is 23.0. The second-order valence-corrected chi connectivity index (χ2v) is 11.5. The summed E-state index contributed by atoms with van der Waals surface area (Å²) in [5.41, 5.74) is -0.0728. The predicted octanol–water partition coefficient (Wildman–Crippen LogP) is 2.39. The molecule has 3 rings (SSSR count). The fraction of sp³-hybridized carbons (Fsp3) is 0.714. The molecule has 2 fully saturated rings. The van der Waals surface area contributed by atoms with Crippen molar-refractivity contribution < 1.29 is 13.2 Å². The van der Waals surface area contributed by atoms with Crippen molar-refractivity contribution in [3.63, 3.8) is 0 Å². The fourth-order valence-corrected chi connectivity index (χ4v) is 7.56. The van der Waals surface area contributed by atoms with E-state index in [-0.39, 0.29) is 5.54 Å². The molecule has 1 aromatic rings. The largest absolute Gasteiger partial charge is 0.379 e. The Morgan fingerprint density at radius 1 is 1.26 bits per heavy atom. The van der Waals surface area contributed by atoms with Gasteiger partial charge in [0.15, 0.2) is 0 Å². The molecule has 3 heterocycles. The molecule has 2 aliphatic heterocycles. The number of nitrogens with zero attached hydrogens (tertiary/aromatic N) is 1. The number of morpholine rings is 1. The molecular formula is C14H21BrN2O3S3. The Kier molecular flexibility index (Phi) is 6.09. The van der Waals surface area contributed by atoms with E-state index in [0.717, 1.165) is 54.4 Å². The standard InChI is InChI=1S/C14H21BrN2O3S3/c15-12-1-2-13(22-12)23(18,19)16-11-14(3-9-21-10-4-14)17-5-7-20-8-6-17/h1-2,16H,3-11H2. The summed E-state index contributed by atoms with van der Waals surface area (Å²) in [5, 5.41) is 0. The first-order chi connectivity index (χ1) is 11.0. The van der Waals surface area contributed by atoms with Gasteiger partial charge in [-0.15, -0.1) is 11.3 Å². The Bertz CT molecular complexity index is 623. The molecule has 2 aliphatic rings. The Morgan fingerprint density at radius 3 is 2.57 bits per heavy atom. The third-order valence-electron chi connectivity index (χ3n) is 4.51. The van der Waals surface area contributed by atoms with Gasteiger partial charge in [0.05, 0.1) is 17.0 Å². The van der Waals surface area contributed by atoms with Crippen LogP contribution in [0, 0.1) is 0 Å². The van der Waals surface area contributed by atoms with Crippen LogP contribution in [0.15, 0.2) is 20.1 Å². The number of sulfonamides is 1. The van der Waals surface area contributed by atoms with Crippen molar-refractivity contribution in [1.82, 2.24) is 9.62 Å². The van der Waals surface area contributed by atoms with Gasteiger partial charge in [-0.1, -0.05) is 0 Å². The monoisotopic (exact) mass is 440 g/mol. The molecule has 9 heteroatoms. The average molecular weight is 441 g/mol. The number of thiophene rings is 1. The molecule has 0 unspecified atom stereocenters. The molecule has 0 bridgehead atoms. The first-order valence-corrected chi connectivity index (χ1v) is 11.9. The zero-order valence-electron chi connectivity index (χ0n) is 12.8. The molecule has 0 aromatic carbocycles. The third kappa shape index (κ3) is 4.31. The van der Waals surface area contributed by atoms with E-state index in [1.54, 1.807) is 12.1 Å². The van der Waals surface area contributed by atoms with Gasteiger partial charge in [-0.25, -0.2) is 13.1 Å². The quantitative estimate of drug-likeness (QED) is 0.761. The van der Waals surface area contributed by atoms with Crippen molar-refractivity contribution in [2.75, 3.05) is 44.4 Å². The first kappa shape index (κ1) is 18.2. The van der Waals surface area contributed by atoms with Gasteiger partial charge >= 0.3 is 0 Å². The highest BCUT2D eigenvalue weighted by Gasteiger charge is 2.39. The molecule has 0 amide bonds. The van der Waals surface area contributed by atoms with Crippen LogP contribution in [0.25, 0.3) is 0 Å². The van der Waals surface area contributed by atoms with E-state index in [1.807, 2.05) is 11.8 Å². The van der Waals surface area contributed by atoms with Gasteiger partial charge in [-0.2, -0.15) is 11.8 Å². The Balaban J connectivity index is 1.73. The summed E-state index contributed by atoms with van der Waals surface area (Å²) in [7, 11) is -3.44. The van der Waals surface area contributed by atoms with Crippen molar-refractivity contribution in [1.29, 1.82) is 0 Å². The predicted molar refractivity (Wildman–Crippen MR) is 98.9 cm³/mol. The summed E-state index contributed by atoms with van der Waals surface area (Å²) in [6.07, 6.45) is 2.04. The molecule has 0 radical (unpaired) electrons. The Hall–Kier alpha value is 0.360. The highest BCUT2D eigenvalue weighted by atomic mass is 79.9. The maximum Gasteiger partial charge on any atom is 0.250 e. The topological polar surface area (TPSA) is 58.6 Å². The molecule has 0 spiro atoms. The van der Waals surface area contributed by atoms with Crippen molar-refractivity contribution in [3.05, 3.63) is 15.9 Å². The van der Waals surface area contributed by atoms with Crippen molar-refractivity contribution in [3.8, 4) is 0 Å². The third-order valence-corrected chi connectivity index (χ3v) is 9.01. The summed E-state index contributed by atoms with van der Waals surface area (Å²) >= 11 is 6.53. The highest BCUT2D eigenvalue weighted by molar-refractivity contribution is 9.11. The SMILES string of the molecule is O=S(=O)(NCC1(N2CCOCC2)CCSCC1)c1ccc(Br)s1. The lowest BCUT2D eigenvalue weighted by Gasteiger charge is -2.47. The number of rotatable bonds is 5. The maximum absolute atomic E-state index is 12.5. The zero-order valence-corrected chi connectivity index (χ0v) is 16.8. The average Bonchev–Trinajstić information content (AvgIpc) is 3.02. The van der Waals surface area contributed by atoms with Crippen LogP contribution in [0.4, 0.5) is 0 Å². The summed E-state index contributed by atoms with van der Waals surface area (Å²) in [5.74, 6) is 2.17. The van der Waals surface area contributed by atoms with Crippen LogP contribution in [0.3, 0.4) is 0 Å². The molecule has 5 nitrogen and oxygen atoms in total. The van der Waals surface area contributed by atoms with Crippen LogP contribution >= 0.6 is 39.0 Å². The van der Waals surface area contributed by atoms with Gasteiger partial charge in [0.2, 0.25) is 10.0 Å². The van der Waals surface area contributed by atoms with Crippen LogP contribution in [-0.4, -0.2) is 63.2 Å². The van der Waals surface area contributed by atoms with Gasteiger partial charge in [-0.05, 0) is 52.4 Å². The molecule has 23 heavy (non-hydrogen) atoms. The number of nitrogens with one attached hydrogen (secondary N) is 1. The van der Waals surface area contributed by atoms with E-state index >= 15 is 0 Å². The molecule has 2 saturated heterocycles. The van der Waals surface area contributed by atoms with Crippen LogP contribution in [0.1, 0.15) is 12.8 Å². The van der Waals surface area contributed by atoms with E-state index in [0.29, 0.717) is 10.8 Å². The lowest BCUT2D eigenvalue weighted by atomic mass is 9.89. The molecular weight excluding hydrogens is 420 g/mol. The second-order valence-electron chi connectivity index (χ2n) is 5.82. The minimum atomic E-state index is -3.44. The van der Waals surface area contributed by atoms with E-state index in [9.17, 15) is 8.42 Å². The van der Waals surface area contributed by atoms with Crippen molar-refractivity contribution in [2.45, 2.75) is 22.6 Å². The first-order valence-electron chi connectivity index (χ1n) is 7.67. The molecule has 0 saturated carbocycles. The second kappa shape index (κ2) is 7.72. The number of ether oxygens (including phenoxy) is 1. The molecule has 130 valence electrons. The Morgan fingerprint density at radius 2 is 1.96 bits per heavy atom. The van der Waals surface area contributed by atoms with Gasteiger partial charge in [0.1, 0.15) is 4.21 Å². The minimum Gasteiger partial charge on any atom is -0.379 e.